The summed E-state index contributed by atoms with van der Waals surface area (Å²) in [5.74, 6) is -1.33. The fraction of sp³-hybridized carbons (Fsp3) is 0.229. The summed E-state index contributed by atoms with van der Waals surface area (Å²) in [7, 11) is 1.38. The van der Waals surface area contributed by atoms with Gasteiger partial charge in [-0.15, -0.1) is 0 Å². The first-order valence-corrected chi connectivity index (χ1v) is 14.9. The lowest BCUT2D eigenvalue weighted by molar-refractivity contribution is -0.117. The van der Waals surface area contributed by atoms with E-state index in [0.29, 0.717) is 22.5 Å². The zero-order valence-electron chi connectivity index (χ0n) is 24.7. The molecule has 0 aliphatic carbocycles. The lowest BCUT2D eigenvalue weighted by Crippen LogP contribution is -2.39. The third-order valence-electron chi connectivity index (χ3n) is 7.74. The second-order valence-electron chi connectivity index (χ2n) is 10.7. The molecule has 0 radical (unpaired) electrons. The Bertz CT molecular complexity index is 1680. The average Bonchev–Trinajstić information content (AvgIpc) is 3.05. The van der Waals surface area contributed by atoms with E-state index in [-0.39, 0.29) is 34.4 Å². The maximum Gasteiger partial charge on any atom is 0.339 e. The minimum absolute atomic E-state index is 0.00184. The van der Waals surface area contributed by atoms with E-state index < -0.39 is 5.97 Å². The summed E-state index contributed by atoms with van der Waals surface area (Å²) < 4.78 is 5.29. The summed E-state index contributed by atoms with van der Waals surface area (Å²) in [6.45, 7) is 3.34. The van der Waals surface area contributed by atoms with Gasteiger partial charge >= 0.3 is 5.97 Å². The highest BCUT2D eigenvalue weighted by molar-refractivity contribution is 6.32. The molecule has 226 valence electrons. The summed E-state index contributed by atoms with van der Waals surface area (Å²) in [5.41, 5.74) is 8.50. The number of ketones is 1. The van der Waals surface area contributed by atoms with Gasteiger partial charge in [0.2, 0.25) is 5.91 Å². The molecule has 1 aliphatic rings. The zero-order valence-corrected chi connectivity index (χ0v) is 25.4. The fourth-order valence-corrected chi connectivity index (χ4v) is 5.64. The predicted molar refractivity (Wildman–Crippen MR) is 174 cm³/mol. The molecule has 0 aromatic heterocycles. The number of halogens is 1. The number of nitrogens with zero attached hydrogens (tertiary/aromatic N) is 2. The maximum atomic E-state index is 14.1. The molecule has 8 nitrogen and oxygen atoms in total. The molecule has 4 aromatic carbocycles. The van der Waals surface area contributed by atoms with Crippen molar-refractivity contribution in [3.05, 3.63) is 107 Å². The topological polar surface area (TPSA) is 99.2 Å². The van der Waals surface area contributed by atoms with Crippen molar-refractivity contribution in [1.29, 1.82) is 0 Å². The molecular weight excluding hydrogens is 578 g/mol. The molecule has 0 spiro atoms. The highest BCUT2D eigenvalue weighted by atomic mass is 35.5. The number of benzene rings is 4. The molecule has 1 heterocycles. The third-order valence-corrected chi connectivity index (χ3v) is 8.09. The molecule has 1 saturated heterocycles. The summed E-state index contributed by atoms with van der Waals surface area (Å²) >= 11 is 6.48. The zero-order chi connectivity index (χ0) is 31.2. The third kappa shape index (κ3) is 6.87. The highest BCUT2D eigenvalue weighted by Crippen LogP contribution is 2.34. The molecule has 1 amide bonds. The molecule has 9 heteroatoms. The number of carboxylic acids is 1. The number of aromatic carboxylic acids is 1. The van der Waals surface area contributed by atoms with Crippen LogP contribution in [-0.2, 0) is 11.2 Å². The summed E-state index contributed by atoms with van der Waals surface area (Å²) in [6, 6.07) is 25.7. The van der Waals surface area contributed by atoms with Crippen molar-refractivity contribution in [1.82, 2.24) is 0 Å². The predicted octanol–water partition coefficient (Wildman–Crippen LogP) is 7.51. The van der Waals surface area contributed by atoms with Crippen LogP contribution in [0.25, 0.3) is 11.1 Å². The lowest BCUT2D eigenvalue weighted by Gasteiger charge is -2.34. The van der Waals surface area contributed by atoms with Crippen molar-refractivity contribution >= 4 is 46.3 Å². The van der Waals surface area contributed by atoms with Crippen LogP contribution in [0.5, 0.6) is 5.75 Å². The number of anilines is 3. The number of piperidine rings is 1. The molecule has 1 aliphatic heterocycles. The van der Waals surface area contributed by atoms with Crippen LogP contribution in [0, 0.1) is 0 Å². The van der Waals surface area contributed by atoms with Gasteiger partial charge in [0, 0.05) is 23.7 Å². The van der Waals surface area contributed by atoms with Crippen molar-refractivity contribution in [2.75, 3.05) is 35.5 Å². The number of carboxylic acid groups (broad SMARTS) is 1. The van der Waals surface area contributed by atoms with Crippen molar-refractivity contribution in [3.8, 4) is 16.9 Å². The number of rotatable bonds is 10. The quantitative estimate of drug-likeness (QED) is 0.141. The number of hydrazine groups is 1. The minimum Gasteiger partial charge on any atom is -0.496 e. The van der Waals surface area contributed by atoms with Crippen LogP contribution in [0.15, 0.2) is 84.9 Å². The number of hydrogen-bond donors (Lipinski definition) is 2. The van der Waals surface area contributed by atoms with E-state index in [9.17, 15) is 19.5 Å². The van der Waals surface area contributed by atoms with Gasteiger partial charge < -0.3 is 14.7 Å². The molecule has 44 heavy (non-hydrogen) atoms. The molecule has 0 atom stereocenters. The molecule has 4 aromatic rings. The molecular formula is C35H34ClN3O5. The van der Waals surface area contributed by atoms with Gasteiger partial charge in [0.15, 0.2) is 5.78 Å². The Hall–Kier alpha value is -4.82. The SMILES string of the molecule is COc1cc(CC(=O)N(Nc2ccc(-c3cccc(C(C)=O)c3)cc2)c2ccccc2N2CCCCC2)c(Cl)cc1C(=O)O. The van der Waals surface area contributed by atoms with Gasteiger partial charge in [0.05, 0.1) is 30.6 Å². The van der Waals surface area contributed by atoms with E-state index in [1.165, 1.54) is 30.7 Å². The van der Waals surface area contributed by atoms with Gasteiger partial charge in [-0.2, -0.15) is 0 Å². The molecule has 0 unspecified atom stereocenters. The van der Waals surface area contributed by atoms with Crippen LogP contribution in [-0.4, -0.2) is 43.0 Å². The Kier molecular flexibility index (Phi) is 9.50. The van der Waals surface area contributed by atoms with Gasteiger partial charge in [-0.05, 0) is 85.3 Å². The average molecular weight is 612 g/mol. The normalized spacial score (nSPS) is 12.8. The van der Waals surface area contributed by atoms with Gasteiger partial charge in [-0.1, -0.05) is 54.1 Å². The Labute approximate surface area is 261 Å². The summed E-state index contributed by atoms with van der Waals surface area (Å²) in [5, 5.41) is 11.2. The van der Waals surface area contributed by atoms with Crippen LogP contribution >= 0.6 is 11.6 Å². The highest BCUT2D eigenvalue weighted by Gasteiger charge is 2.25. The molecule has 1 fully saturated rings. The van der Waals surface area contributed by atoms with Crippen LogP contribution < -0.4 is 20.1 Å². The van der Waals surface area contributed by atoms with Crippen molar-refractivity contribution in [2.45, 2.75) is 32.6 Å². The number of carbonyl (C=O) groups is 3. The van der Waals surface area contributed by atoms with Gasteiger partial charge in [0.25, 0.3) is 0 Å². The van der Waals surface area contributed by atoms with E-state index in [4.69, 9.17) is 16.3 Å². The first-order chi connectivity index (χ1) is 21.2. The Morgan fingerprint density at radius 2 is 1.64 bits per heavy atom. The van der Waals surface area contributed by atoms with Gasteiger partial charge in [0.1, 0.15) is 11.3 Å². The number of nitrogens with one attached hydrogen (secondary N) is 1. The Morgan fingerprint density at radius 3 is 2.32 bits per heavy atom. The van der Waals surface area contributed by atoms with E-state index in [0.717, 1.165) is 42.7 Å². The van der Waals surface area contributed by atoms with Gasteiger partial charge in [-0.25, -0.2) is 9.80 Å². The lowest BCUT2D eigenvalue weighted by atomic mass is 10.0. The van der Waals surface area contributed by atoms with E-state index in [1.54, 1.807) is 13.0 Å². The molecule has 2 N–H and O–H groups in total. The second kappa shape index (κ2) is 13.7. The number of amides is 1. The standard InChI is InChI=1S/C35H34ClN3O5/c1-23(40)25-9-8-10-26(19-25)24-13-15-28(16-14-24)37-39(32-12-5-4-11-31(32)38-17-6-3-7-18-38)34(41)21-27-20-33(44-2)29(35(42)43)22-30(27)36/h4-5,8-16,19-20,22,37H,3,6-7,17-18,21H2,1-2H3,(H,42,43). The number of Topliss-reactive ketones (excluding diaryl/α,β-unsaturated/α-hetero) is 1. The van der Waals surface area contributed by atoms with Crippen molar-refractivity contribution in [3.63, 3.8) is 0 Å². The van der Waals surface area contributed by atoms with E-state index >= 15 is 0 Å². The number of ether oxygens (including phenoxy) is 1. The van der Waals surface area contributed by atoms with Crippen LogP contribution in [0.4, 0.5) is 17.1 Å². The summed E-state index contributed by atoms with van der Waals surface area (Å²) in [4.78, 5) is 40.0. The minimum atomic E-state index is -1.17. The number of carbonyl (C=O) groups excluding carboxylic acids is 2. The largest absolute Gasteiger partial charge is 0.496 e. The van der Waals surface area contributed by atoms with Crippen molar-refractivity contribution < 1.29 is 24.2 Å². The Morgan fingerprint density at radius 1 is 0.909 bits per heavy atom. The molecule has 5 rings (SSSR count). The fourth-order valence-electron chi connectivity index (χ4n) is 5.41. The van der Waals surface area contributed by atoms with Gasteiger partial charge in [-0.3, -0.25) is 15.0 Å². The smallest absolute Gasteiger partial charge is 0.339 e. The maximum absolute atomic E-state index is 14.1. The number of para-hydroxylation sites is 2. The van der Waals surface area contributed by atoms with Crippen LogP contribution in [0.2, 0.25) is 5.02 Å². The molecule has 0 saturated carbocycles. The van der Waals surface area contributed by atoms with Crippen LogP contribution in [0.1, 0.15) is 52.5 Å². The first kappa shape index (κ1) is 30.6. The number of methoxy groups -OCH3 is 1. The number of hydrogen-bond acceptors (Lipinski definition) is 6. The van der Waals surface area contributed by atoms with E-state index in [2.05, 4.69) is 10.3 Å². The summed E-state index contributed by atoms with van der Waals surface area (Å²) in [6.07, 6.45) is 3.22. The Balaban J connectivity index is 1.49. The second-order valence-corrected chi connectivity index (χ2v) is 11.1. The molecule has 0 bridgehead atoms. The monoisotopic (exact) mass is 611 g/mol. The van der Waals surface area contributed by atoms with E-state index in [1.807, 2.05) is 66.7 Å². The van der Waals surface area contributed by atoms with Crippen molar-refractivity contribution in [2.24, 2.45) is 0 Å². The first-order valence-electron chi connectivity index (χ1n) is 14.5. The van der Waals surface area contributed by atoms with Crippen LogP contribution in [0.3, 0.4) is 0 Å².